The summed E-state index contributed by atoms with van der Waals surface area (Å²) in [5, 5.41) is 0. The third kappa shape index (κ3) is 7.71. The number of hydrazine groups is 1. The fourth-order valence-electron chi connectivity index (χ4n) is 0.361. The molecule has 0 spiro atoms. The van der Waals surface area contributed by atoms with Crippen LogP contribution in [0.25, 0.3) is 0 Å². The molecule has 45 valence electrons. The van der Waals surface area contributed by atoms with Gasteiger partial charge in [0, 0.05) is 32.7 Å². The fourth-order valence-corrected chi connectivity index (χ4v) is 0.361. The first-order valence-corrected chi connectivity index (χ1v) is 1.77. The summed E-state index contributed by atoms with van der Waals surface area (Å²) >= 11 is 0. The first-order chi connectivity index (χ1) is 2.50. The van der Waals surface area contributed by atoms with Crippen LogP contribution in [0.4, 0.5) is 0 Å². The average Bonchev–Trinajstić information content (AvgIpc) is 1.76. The van der Waals surface area contributed by atoms with Gasteiger partial charge in [-0.2, -0.15) is 0 Å². The summed E-state index contributed by atoms with van der Waals surface area (Å²) in [4.78, 5) is 0. The van der Waals surface area contributed by atoms with E-state index in [-0.39, 0.29) is 61.2 Å². The van der Waals surface area contributed by atoms with E-state index in [9.17, 15) is 0 Å². The maximum absolute atomic E-state index is 2.92. The monoisotopic (exact) mass is 359 g/mol. The summed E-state index contributed by atoms with van der Waals surface area (Å²) in [5.41, 5.74) is 5.83. The van der Waals surface area contributed by atoms with Crippen molar-refractivity contribution in [2.24, 2.45) is 0 Å². The van der Waals surface area contributed by atoms with E-state index in [1.165, 1.54) is 0 Å². The Balaban J connectivity index is -0.0000000833. The Hall–Kier alpha value is 1.71. The normalized spacial score (nSPS) is 15.0. The topological polar surface area (TPSA) is 24.1 Å². The molecule has 1 radical (unpaired) electrons. The summed E-state index contributed by atoms with van der Waals surface area (Å²) in [5.74, 6) is 0. The van der Waals surface area contributed by atoms with Gasteiger partial charge < -0.3 is 7.43 Å². The van der Waals surface area contributed by atoms with E-state index < -0.39 is 0 Å². The smallest absolute Gasteiger partial charge is 0.358 e. The van der Waals surface area contributed by atoms with Crippen LogP contribution in [0.1, 0.15) is 0 Å². The molecule has 2 nitrogen and oxygen atoms in total. The summed E-state index contributed by atoms with van der Waals surface area (Å²) < 4.78 is 0. The van der Waals surface area contributed by atoms with Crippen molar-refractivity contribution in [3.63, 3.8) is 0 Å². The minimum Gasteiger partial charge on any atom is -0.358 e. The second-order valence-electron chi connectivity index (χ2n) is 1.05. The van der Waals surface area contributed by atoms with Crippen LogP contribution in [0.15, 0.2) is 0 Å². The van der Waals surface area contributed by atoms with E-state index in [0.717, 1.165) is 13.1 Å². The van der Waals surface area contributed by atoms with E-state index in [2.05, 4.69) is 17.3 Å². The van der Waals surface area contributed by atoms with Gasteiger partial charge in [-0.25, -0.2) is 0 Å². The minimum absolute atomic E-state index is 0. The zero-order valence-electron chi connectivity index (χ0n) is 4.98. The zero-order valence-corrected chi connectivity index (χ0v) is 10.7. The molecule has 1 aliphatic heterocycles. The molecule has 1 aliphatic rings. The Kier molecular flexibility index (Phi) is 23.5. The second kappa shape index (κ2) is 11.5. The summed E-state index contributed by atoms with van der Waals surface area (Å²) in [7, 11) is 0. The van der Waals surface area contributed by atoms with Crippen molar-refractivity contribution in [3.8, 4) is 0 Å². The molecule has 0 saturated carbocycles. The van der Waals surface area contributed by atoms with Gasteiger partial charge in [-0.3, -0.25) is 17.3 Å². The molecule has 0 atom stereocenters. The summed E-state index contributed by atoms with van der Waals surface area (Å²) in [6.45, 7) is 2.03. The molecule has 0 bridgehead atoms. The van der Waals surface area contributed by atoms with E-state index in [0.29, 0.717) is 0 Å². The summed E-state index contributed by atoms with van der Waals surface area (Å²) in [6, 6.07) is 0. The Morgan fingerprint density at radius 2 is 1.50 bits per heavy atom. The molecule has 1 rings (SSSR count). The molecule has 4 heteroatoms. The predicted octanol–water partition coefficient (Wildman–Crippen LogP) is -0.256. The molecule has 0 aromatic carbocycles. The SMILES string of the molecule is [CH-]1CNNC1.[CH3-].[W+2].[Y]. The largest absolute Gasteiger partial charge is 2.00 e. The van der Waals surface area contributed by atoms with Crippen LogP contribution in [0.3, 0.4) is 0 Å². The van der Waals surface area contributed by atoms with Crippen molar-refractivity contribution >= 4 is 0 Å². The van der Waals surface area contributed by atoms with E-state index in [1.807, 2.05) is 0 Å². The summed E-state index contributed by atoms with van der Waals surface area (Å²) in [6.07, 6.45) is 2.14. The van der Waals surface area contributed by atoms with Gasteiger partial charge in [-0.15, -0.1) is 13.1 Å². The fraction of sp³-hybridized carbons (Fsp3) is 0.500. The molecule has 2 N–H and O–H groups in total. The Morgan fingerprint density at radius 1 is 1.12 bits per heavy atom. The Bertz CT molecular complexity index is 25.6. The van der Waals surface area contributed by atoms with Crippen molar-refractivity contribution in [2.45, 2.75) is 0 Å². The molecule has 0 aliphatic carbocycles. The molecule has 8 heavy (non-hydrogen) atoms. The molecule has 0 unspecified atom stereocenters. The van der Waals surface area contributed by atoms with Gasteiger partial charge in [-0.1, -0.05) is 0 Å². The van der Waals surface area contributed by atoms with Crippen LogP contribution in [0.2, 0.25) is 0 Å². The number of nitrogens with one attached hydrogen (secondary N) is 2. The van der Waals surface area contributed by atoms with E-state index >= 15 is 0 Å². The molecule has 1 heterocycles. The second-order valence-corrected chi connectivity index (χ2v) is 1.05. The van der Waals surface area contributed by atoms with Gasteiger partial charge in [-0.05, 0) is 0 Å². The molecule has 0 aromatic rings. The molecule has 1 fully saturated rings. The number of hydrogen-bond donors (Lipinski definition) is 2. The van der Waals surface area contributed by atoms with Gasteiger partial charge in [0.1, 0.15) is 0 Å². The molecule has 1 saturated heterocycles. The van der Waals surface area contributed by atoms with Crippen LogP contribution in [0, 0.1) is 13.8 Å². The molecular weight excluding hydrogens is 349 g/mol. The van der Waals surface area contributed by atoms with Crippen LogP contribution in [-0.2, 0) is 53.8 Å². The zero-order chi connectivity index (χ0) is 3.54. The standard InChI is InChI=1S/C3H7N2.CH3.W.Y/c1-2-4-5-3-1;;;/h1,4-5H,2-3H2;1H3;;/q2*-1;+2;. The van der Waals surface area contributed by atoms with Gasteiger partial charge in [0.25, 0.3) is 0 Å². The van der Waals surface area contributed by atoms with Crippen LogP contribution < -0.4 is 10.9 Å². The van der Waals surface area contributed by atoms with Gasteiger partial charge in [0.05, 0.1) is 0 Å². The Labute approximate surface area is 90.7 Å². The van der Waals surface area contributed by atoms with E-state index in [4.69, 9.17) is 0 Å². The Morgan fingerprint density at radius 3 is 1.62 bits per heavy atom. The van der Waals surface area contributed by atoms with Gasteiger partial charge in [0.15, 0.2) is 0 Å². The molecular formula is C4H10N2WY. The number of rotatable bonds is 0. The van der Waals surface area contributed by atoms with Gasteiger partial charge >= 0.3 is 21.1 Å². The third-order valence-electron chi connectivity index (χ3n) is 0.618. The van der Waals surface area contributed by atoms with Crippen molar-refractivity contribution in [3.05, 3.63) is 13.8 Å². The maximum atomic E-state index is 2.92. The van der Waals surface area contributed by atoms with Crippen LogP contribution in [0.5, 0.6) is 0 Å². The third-order valence-corrected chi connectivity index (χ3v) is 0.618. The molecule has 0 amide bonds. The first kappa shape index (κ1) is 16.4. The quantitative estimate of drug-likeness (QED) is 0.583. The van der Waals surface area contributed by atoms with Crippen molar-refractivity contribution < 1.29 is 53.8 Å². The molecule has 0 aromatic heterocycles. The van der Waals surface area contributed by atoms with Gasteiger partial charge in [0.2, 0.25) is 0 Å². The van der Waals surface area contributed by atoms with E-state index in [1.54, 1.807) is 0 Å². The first-order valence-electron chi connectivity index (χ1n) is 1.77. The van der Waals surface area contributed by atoms with Crippen molar-refractivity contribution in [1.29, 1.82) is 0 Å². The van der Waals surface area contributed by atoms with Crippen molar-refractivity contribution in [2.75, 3.05) is 13.1 Å². The number of hydrogen-bond acceptors (Lipinski definition) is 2. The van der Waals surface area contributed by atoms with Crippen molar-refractivity contribution in [1.82, 2.24) is 10.9 Å². The van der Waals surface area contributed by atoms with Crippen LogP contribution in [-0.4, -0.2) is 13.1 Å². The maximum Gasteiger partial charge on any atom is 2.00 e. The minimum atomic E-state index is 0. The average molecular weight is 359 g/mol. The predicted molar refractivity (Wildman–Crippen MR) is 26.7 cm³/mol. The van der Waals surface area contributed by atoms with Crippen LogP contribution >= 0.6 is 0 Å².